The summed E-state index contributed by atoms with van der Waals surface area (Å²) in [5, 5.41) is 4.95. The Kier molecular flexibility index (Phi) is 5.02. The summed E-state index contributed by atoms with van der Waals surface area (Å²) in [6.07, 6.45) is -2.36. The van der Waals surface area contributed by atoms with Gasteiger partial charge in [0.05, 0.1) is 6.54 Å². The second-order valence-corrected chi connectivity index (χ2v) is 4.98. The average molecular weight is 331 g/mol. The Hall–Kier alpha value is -2.39. The Balaban J connectivity index is 1.98. The van der Waals surface area contributed by atoms with Gasteiger partial charge in [-0.05, 0) is 18.9 Å². The van der Waals surface area contributed by atoms with Crippen molar-refractivity contribution in [2.24, 2.45) is 0 Å². The second kappa shape index (κ2) is 6.80. The molecule has 2 N–H and O–H groups in total. The first-order valence-electron chi connectivity index (χ1n) is 6.98. The van der Waals surface area contributed by atoms with Crippen LogP contribution in [0.25, 0.3) is 0 Å². The van der Waals surface area contributed by atoms with E-state index >= 15 is 0 Å². The number of aromatic nitrogens is 2. The molecule has 0 aliphatic carbocycles. The minimum atomic E-state index is -4.58. The van der Waals surface area contributed by atoms with Crippen LogP contribution in [0.1, 0.15) is 18.5 Å². The van der Waals surface area contributed by atoms with Gasteiger partial charge in [-0.2, -0.15) is 13.2 Å². The third kappa shape index (κ3) is 4.08. The summed E-state index contributed by atoms with van der Waals surface area (Å²) in [6, 6.07) is 0.200. The number of likely N-dealkylation sites (tertiary alicyclic amines) is 1. The number of amides is 2. The molecule has 2 rings (SSSR count). The highest BCUT2D eigenvalue weighted by Crippen LogP contribution is 2.27. The molecule has 2 amide bonds. The molecule has 0 radical (unpaired) electrons. The van der Waals surface area contributed by atoms with E-state index in [1.165, 1.54) is 11.9 Å². The highest BCUT2D eigenvalue weighted by Gasteiger charge is 2.34. The van der Waals surface area contributed by atoms with Gasteiger partial charge in [0.15, 0.2) is 0 Å². The number of nitrogens with zero attached hydrogens (tertiary/aromatic N) is 3. The molecule has 0 spiro atoms. The third-order valence-electron chi connectivity index (χ3n) is 3.47. The van der Waals surface area contributed by atoms with E-state index in [9.17, 15) is 22.8 Å². The van der Waals surface area contributed by atoms with Crippen LogP contribution >= 0.6 is 0 Å². The zero-order valence-electron chi connectivity index (χ0n) is 12.4. The van der Waals surface area contributed by atoms with E-state index in [0.717, 1.165) is 12.3 Å². The number of hydrogen-bond donors (Lipinski definition) is 2. The lowest BCUT2D eigenvalue weighted by Gasteiger charge is -2.23. The van der Waals surface area contributed by atoms with E-state index < -0.39 is 23.8 Å². The summed E-state index contributed by atoms with van der Waals surface area (Å²) in [4.78, 5) is 32.2. The summed E-state index contributed by atoms with van der Waals surface area (Å²) >= 11 is 0. The fourth-order valence-corrected chi connectivity index (χ4v) is 2.36. The van der Waals surface area contributed by atoms with Crippen LogP contribution in [0.15, 0.2) is 12.3 Å². The van der Waals surface area contributed by atoms with Crippen LogP contribution in [0.5, 0.6) is 0 Å². The van der Waals surface area contributed by atoms with Crippen LogP contribution in [0.4, 0.5) is 19.1 Å². The van der Waals surface area contributed by atoms with E-state index in [2.05, 4.69) is 20.6 Å². The Morgan fingerprint density at radius 1 is 1.43 bits per heavy atom. The average Bonchev–Trinajstić information content (AvgIpc) is 3.01. The van der Waals surface area contributed by atoms with E-state index in [1.54, 1.807) is 0 Å². The molecule has 1 aliphatic rings. The van der Waals surface area contributed by atoms with Crippen molar-refractivity contribution in [2.45, 2.75) is 25.1 Å². The lowest BCUT2D eigenvalue weighted by molar-refractivity contribution is -0.141. The maximum Gasteiger partial charge on any atom is 0.433 e. The van der Waals surface area contributed by atoms with Crippen molar-refractivity contribution in [3.05, 3.63) is 18.0 Å². The normalized spacial score (nSPS) is 17.9. The van der Waals surface area contributed by atoms with Crippen LogP contribution < -0.4 is 10.6 Å². The summed E-state index contributed by atoms with van der Waals surface area (Å²) < 4.78 is 37.7. The maximum absolute atomic E-state index is 12.6. The lowest BCUT2D eigenvalue weighted by atomic mass is 10.2. The highest BCUT2D eigenvalue weighted by atomic mass is 19.4. The molecule has 1 saturated heterocycles. The fourth-order valence-electron chi connectivity index (χ4n) is 2.36. The third-order valence-corrected chi connectivity index (χ3v) is 3.47. The maximum atomic E-state index is 12.6. The molecule has 2 heterocycles. The molecule has 0 aromatic carbocycles. The number of alkyl halides is 3. The topological polar surface area (TPSA) is 87.2 Å². The molecular formula is C13H16F3N5O2. The minimum Gasteiger partial charge on any atom is -0.357 e. The van der Waals surface area contributed by atoms with E-state index in [-0.39, 0.29) is 18.4 Å². The quantitative estimate of drug-likeness (QED) is 0.846. The Labute approximate surface area is 130 Å². The predicted molar refractivity (Wildman–Crippen MR) is 74.3 cm³/mol. The molecule has 7 nitrogen and oxygen atoms in total. The van der Waals surface area contributed by atoms with Crippen LogP contribution in [-0.2, 0) is 15.8 Å². The summed E-state index contributed by atoms with van der Waals surface area (Å²) in [5.74, 6) is -0.938. The van der Waals surface area contributed by atoms with Crippen LogP contribution in [-0.4, -0.2) is 52.9 Å². The van der Waals surface area contributed by atoms with Gasteiger partial charge in [0.25, 0.3) is 0 Å². The highest BCUT2D eigenvalue weighted by molar-refractivity contribution is 5.89. The lowest BCUT2D eigenvalue weighted by Crippen LogP contribution is -2.46. The van der Waals surface area contributed by atoms with Crippen molar-refractivity contribution in [3.63, 3.8) is 0 Å². The second-order valence-electron chi connectivity index (χ2n) is 4.98. The first-order chi connectivity index (χ1) is 10.8. The van der Waals surface area contributed by atoms with Crippen molar-refractivity contribution in [1.82, 2.24) is 20.2 Å². The molecule has 1 aromatic heterocycles. The van der Waals surface area contributed by atoms with Gasteiger partial charge in [-0.3, -0.25) is 9.59 Å². The predicted octanol–water partition coefficient (Wildman–Crippen LogP) is 0.644. The molecule has 10 heteroatoms. The van der Waals surface area contributed by atoms with Gasteiger partial charge in [0.2, 0.25) is 17.8 Å². The largest absolute Gasteiger partial charge is 0.433 e. The van der Waals surface area contributed by atoms with Gasteiger partial charge in [-0.1, -0.05) is 0 Å². The van der Waals surface area contributed by atoms with Crippen molar-refractivity contribution >= 4 is 17.8 Å². The number of carbonyl (C=O) groups is 2. The van der Waals surface area contributed by atoms with Crippen LogP contribution in [0.2, 0.25) is 0 Å². The molecule has 0 saturated carbocycles. The van der Waals surface area contributed by atoms with Gasteiger partial charge in [0.1, 0.15) is 11.7 Å². The zero-order chi connectivity index (χ0) is 17.0. The summed E-state index contributed by atoms with van der Waals surface area (Å²) in [5.41, 5.74) is -1.09. The van der Waals surface area contributed by atoms with E-state index in [1.807, 2.05) is 0 Å². The molecule has 1 aliphatic heterocycles. The first kappa shape index (κ1) is 17.0. The molecule has 126 valence electrons. The molecule has 1 atom stereocenters. The number of carbonyl (C=O) groups excluding carboxylic acids is 2. The Morgan fingerprint density at radius 2 is 2.17 bits per heavy atom. The number of halogens is 3. The molecular weight excluding hydrogens is 315 g/mol. The monoisotopic (exact) mass is 331 g/mol. The van der Waals surface area contributed by atoms with E-state index in [0.29, 0.717) is 19.4 Å². The van der Waals surface area contributed by atoms with Crippen molar-refractivity contribution in [3.8, 4) is 0 Å². The number of anilines is 1. The van der Waals surface area contributed by atoms with Crippen LogP contribution in [0, 0.1) is 0 Å². The molecule has 0 bridgehead atoms. The smallest absolute Gasteiger partial charge is 0.357 e. The number of rotatable bonds is 4. The molecule has 1 aromatic rings. The number of likely N-dealkylation sites (N-methyl/N-ethyl adjacent to an activating group) is 1. The number of nitrogens with one attached hydrogen (secondary N) is 2. The van der Waals surface area contributed by atoms with Crippen molar-refractivity contribution < 1.29 is 22.8 Å². The molecule has 0 unspecified atom stereocenters. The molecule has 23 heavy (non-hydrogen) atoms. The Bertz CT molecular complexity index is 593. The standard InChI is InChI=1S/C13H16F3N5O2/c1-17-11(23)8-3-2-6-21(8)10(22)7-19-12-18-5-4-9(20-12)13(14,15)16/h4-5,8H,2-3,6-7H2,1H3,(H,17,23)(H,18,19,20)/t8-/m1/s1. The summed E-state index contributed by atoms with van der Waals surface area (Å²) in [7, 11) is 1.48. The minimum absolute atomic E-state index is 0.258. The first-order valence-corrected chi connectivity index (χ1v) is 6.98. The van der Waals surface area contributed by atoms with Gasteiger partial charge in [-0.15, -0.1) is 0 Å². The van der Waals surface area contributed by atoms with Crippen molar-refractivity contribution in [1.29, 1.82) is 0 Å². The molecule has 1 fully saturated rings. The zero-order valence-corrected chi connectivity index (χ0v) is 12.4. The van der Waals surface area contributed by atoms with Gasteiger partial charge >= 0.3 is 6.18 Å². The van der Waals surface area contributed by atoms with Gasteiger partial charge in [0, 0.05) is 19.8 Å². The van der Waals surface area contributed by atoms with Crippen molar-refractivity contribution in [2.75, 3.05) is 25.5 Å². The van der Waals surface area contributed by atoms with Gasteiger partial charge < -0.3 is 15.5 Å². The van der Waals surface area contributed by atoms with Gasteiger partial charge in [-0.25, -0.2) is 9.97 Å². The van der Waals surface area contributed by atoms with Crippen LogP contribution in [0.3, 0.4) is 0 Å². The summed E-state index contributed by atoms with van der Waals surface area (Å²) in [6.45, 7) is 0.150. The fraction of sp³-hybridized carbons (Fsp3) is 0.538. The Morgan fingerprint density at radius 3 is 2.83 bits per heavy atom. The van der Waals surface area contributed by atoms with E-state index in [4.69, 9.17) is 0 Å². The SMILES string of the molecule is CNC(=O)[C@H]1CCCN1C(=O)CNc1nccc(C(F)(F)F)n1. The number of hydrogen-bond acceptors (Lipinski definition) is 5.